The van der Waals surface area contributed by atoms with E-state index in [9.17, 15) is 4.39 Å². The van der Waals surface area contributed by atoms with Crippen molar-refractivity contribution in [3.63, 3.8) is 0 Å². The standard InChI is InChI=1S/C15H15BrFN/c1-10-5-3-6-12(11(10)2)9-18-15-13(16)7-4-8-14(15)17/h3-8,18H,9H2,1-2H3. The molecule has 0 spiro atoms. The van der Waals surface area contributed by atoms with Crippen LogP contribution < -0.4 is 5.32 Å². The second-order valence-corrected chi connectivity index (χ2v) is 5.16. The molecule has 2 rings (SSSR count). The molecule has 0 fully saturated rings. The average Bonchev–Trinajstić information content (AvgIpc) is 2.33. The summed E-state index contributed by atoms with van der Waals surface area (Å²) in [6.45, 7) is 4.79. The lowest BCUT2D eigenvalue weighted by Crippen LogP contribution is -2.04. The zero-order valence-electron chi connectivity index (χ0n) is 10.4. The minimum atomic E-state index is -0.241. The number of hydrogen-bond donors (Lipinski definition) is 1. The summed E-state index contributed by atoms with van der Waals surface area (Å²) in [4.78, 5) is 0. The van der Waals surface area contributed by atoms with Gasteiger partial charge in [0.1, 0.15) is 5.82 Å². The van der Waals surface area contributed by atoms with Crippen molar-refractivity contribution in [2.24, 2.45) is 0 Å². The first-order valence-electron chi connectivity index (χ1n) is 5.82. The molecule has 2 aromatic carbocycles. The Morgan fingerprint density at radius 2 is 1.83 bits per heavy atom. The molecule has 18 heavy (non-hydrogen) atoms. The molecule has 0 bridgehead atoms. The molecule has 0 unspecified atom stereocenters. The predicted molar refractivity (Wildman–Crippen MR) is 77.3 cm³/mol. The SMILES string of the molecule is Cc1cccc(CNc2c(F)cccc2Br)c1C. The summed E-state index contributed by atoms with van der Waals surface area (Å²) in [5, 5.41) is 3.14. The van der Waals surface area contributed by atoms with Crippen molar-refractivity contribution in [2.75, 3.05) is 5.32 Å². The molecule has 3 heteroatoms. The first-order chi connectivity index (χ1) is 8.59. The number of para-hydroxylation sites is 1. The van der Waals surface area contributed by atoms with Crippen LogP contribution in [-0.2, 0) is 6.54 Å². The highest BCUT2D eigenvalue weighted by Crippen LogP contribution is 2.26. The molecule has 0 saturated carbocycles. The Morgan fingerprint density at radius 1 is 1.11 bits per heavy atom. The summed E-state index contributed by atoms with van der Waals surface area (Å²) >= 11 is 3.35. The molecule has 0 heterocycles. The van der Waals surface area contributed by atoms with Crippen molar-refractivity contribution >= 4 is 21.6 Å². The van der Waals surface area contributed by atoms with Gasteiger partial charge in [0.15, 0.2) is 0 Å². The molecule has 0 aliphatic heterocycles. The highest BCUT2D eigenvalue weighted by Gasteiger charge is 2.07. The Balaban J connectivity index is 2.19. The molecule has 0 amide bonds. The van der Waals surface area contributed by atoms with Crippen molar-refractivity contribution in [1.82, 2.24) is 0 Å². The van der Waals surface area contributed by atoms with Crippen LogP contribution in [0.5, 0.6) is 0 Å². The zero-order chi connectivity index (χ0) is 13.1. The normalized spacial score (nSPS) is 10.4. The van der Waals surface area contributed by atoms with Crippen molar-refractivity contribution in [1.29, 1.82) is 0 Å². The maximum absolute atomic E-state index is 13.6. The van der Waals surface area contributed by atoms with Crippen LogP contribution in [0.4, 0.5) is 10.1 Å². The van der Waals surface area contributed by atoms with Crippen molar-refractivity contribution in [3.05, 3.63) is 63.4 Å². The fraction of sp³-hybridized carbons (Fsp3) is 0.200. The Bertz CT molecular complexity index is 546. The summed E-state index contributed by atoms with van der Waals surface area (Å²) in [5.74, 6) is -0.241. The van der Waals surface area contributed by atoms with Gasteiger partial charge in [-0.05, 0) is 58.6 Å². The van der Waals surface area contributed by atoms with Crippen LogP contribution in [0, 0.1) is 19.7 Å². The lowest BCUT2D eigenvalue weighted by atomic mass is 10.0. The number of anilines is 1. The van der Waals surface area contributed by atoms with Crippen LogP contribution >= 0.6 is 15.9 Å². The van der Waals surface area contributed by atoms with Gasteiger partial charge in [-0.25, -0.2) is 4.39 Å². The highest BCUT2D eigenvalue weighted by molar-refractivity contribution is 9.10. The molecule has 0 atom stereocenters. The summed E-state index contributed by atoms with van der Waals surface area (Å²) in [5.41, 5.74) is 4.20. The molecule has 0 radical (unpaired) electrons. The van der Waals surface area contributed by atoms with Gasteiger partial charge in [0.05, 0.1) is 5.69 Å². The van der Waals surface area contributed by atoms with Gasteiger partial charge in [0, 0.05) is 11.0 Å². The number of benzene rings is 2. The average molecular weight is 308 g/mol. The fourth-order valence-corrected chi connectivity index (χ4v) is 2.34. The summed E-state index contributed by atoms with van der Waals surface area (Å²) in [6.07, 6.45) is 0. The van der Waals surface area contributed by atoms with Crippen LogP contribution in [0.1, 0.15) is 16.7 Å². The van der Waals surface area contributed by atoms with Crippen molar-refractivity contribution in [3.8, 4) is 0 Å². The first-order valence-corrected chi connectivity index (χ1v) is 6.62. The van der Waals surface area contributed by atoms with E-state index in [0.717, 1.165) is 4.47 Å². The molecular weight excluding hydrogens is 293 g/mol. The van der Waals surface area contributed by atoms with Crippen LogP contribution in [0.15, 0.2) is 40.9 Å². The predicted octanol–water partition coefficient (Wildman–Crippen LogP) is 4.82. The summed E-state index contributed by atoms with van der Waals surface area (Å²) < 4.78 is 14.4. The van der Waals surface area contributed by atoms with Gasteiger partial charge < -0.3 is 5.32 Å². The minimum Gasteiger partial charge on any atom is -0.378 e. The molecule has 0 aliphatic rings. The zero-order valence-corrected chi connectivity index (χ0v) is 12.0. The van der Waals surface area contributed by atoms with Crippen molar-refractivity contribution in [2.45, 2.75) is 20.4 Å². The molecule has 2 aromatic rings. The largest absolute Gasteiger partial charge is 0.378 e. The quantitative estimate of drug-likeness (QED) is 0.857. The molecule has 0 aliphatic carbocycles. The maximum atomic E-state index is 13.6. The number of halogens is 2. The first kappa shape index (κ1) is 13.1. The maximum Gasteiger partial charge on any atom is 0.147 e. The number of aryl methyl sites for hydroxylation is 1. The van der Waals surface area contributed by atoms with Gasteiger partial charge in [-0.3, -0.25) is 0 Å². The van der Waals surface area contributed by atoms with E-state index in [4.69, 9.17) is 0 Å². The van der Waals surface area contributed by atoms with Gasteiger partial charge in [-0.1, -0.05) is 24.3 Å². The van der Waals surface area contributed by atoms with Gasteiger partial charge in [-0.2, -0.15) is 0 Å². The molecular formula is C15H15BrFN. The van der Waals surface area contributed by atoms with Crippen LogP contribution in [0.25, 0.3) is 0 Å². The molecule has 0 saturated heterocycles. The van der Waals surface area contributed by atoms with Crippen molar-refractivity contribution < 1.29 is 4.39 Å². The van der Waals surface area contributed by atoms with E-state index < -0.39 is 0 Å². The Morgan fingerprint density at radius 3 is 2.56 bits per heavy atom. The third kappa shape index (κ3) is 2.72. The second kappa shape index (κ2) is 5.53. The number of nitrogens with one attached hydrogen (secondary N) is 1. The van der Waals surface area contributed by atoms with Gasteiger partial charge in [0.2, 0.25) is 0 Å². The Labute approximate surface area is 115 Å². The smallest absolute Gasteiger partial charge is 0.147 e. The molecule has 1 N–H and O–H groups in total. The van der Waals surface area contributed by atoms with E-state index in [-0.39, 0.29) is 5.82 Å². The highest BCUT2D eigenvalue weighted by atomic mass is 79.9. The van der Waals surface area contributed by atoms with Crippen LogP contribution in [-0.4, -0.2) is 0 Å². The minimum absolute atomic E-state index is 0.241. The third-order valence-corrected chi connectivity index (χ3v) is 3.80. The van der Waals surface area contributed by atoms with E-state index in [2.05, 4.69) is 47.2 Å². The number of rotatable bonds is 3. The van der Waals surface area contributed by atoms with E-state index in [0.29, 0.717) is 12.2 Å². The summed E-state index contributed by atoms with van der Waals surface area (Å²) in [6, 6.07) is 11.1. The Hall–Kier alpha value is -1.35. The Kier molecular flexibility index (Phi) is 4.02. The van der Waals surface area contributed by atoms with E-state index >= 15 is 0 Å². The van der Waals surface area contributed by atoms with Gasteiger partial charge in [0.25, 0.3) is 0 Å². The monoisotopic (exact) mass is 307 g/mol. The topological polar surface area (TPSA) is 12.0 Å². The third-order valence-electron chi connectivity index (χ3n) is 3.14. The molecule has 94 valence electrons. The second-order valence-electron chi connectivity index (χ2n) is 4.31. The van der Waals surface area contributed by atoms with Gasteiger partial charge in [-0.15, -0.1) is 0 Å². The fourth-order valence-electron chi connectivity index (χ4n) is 1.85. The van der Waals surface area contributed by atoms with Crippen LogP contribution in [0.3, 0.4) is 0 Å². The summed E-state index contributed by atoms with van der Waals surface area (Å²) in [7, 11) is 0. The number of hydrogen-bond acceptors (Lipinski definition) is 1. The van der Waals surface area contributed by atoms with Crippen LogP contribution in [0.2, 0.25) is 0 Å². The van der Waals surface area contributed by atoms with E-state index in [1.807, 2.05) is 12.1 Å². The lowest BCUT2D eigenvalue weighted by molar-refractivity contribution is 0.629. The molecule has 0 aromatic heterocycles. The van der Waals surface area contributed by atoms with E-state index in [1.54, 1.807) is 6.07 Å². The lowest BCUT2D eigenvalue weighted by Gasteiger charge is -2.12. The van der Waals surface area contributed by atoms with E-state index in [1.165, 1.54) is 22.8 Å². The molecule has 1 nitrogen and oxygen atoms in total. The van der Waals surface area contributed by atoms with Gasteiger partial charge >= 0.3 is 0 Å².